The molecule has 0 saturated carbocycles. The van der Waals surface area contributed by atoms with E-state index in [0.717, 1.165) is 19.4 Å². The van der Waals surface area contributed by atoms with Gasteiger partial charge >= 0.3 is 0 Å². The molecule has 0 aromatic carbocycles. The number of ether oxygens (including phenoxy) is 1. The minimum Gasteiger partial charge on any atom is -0.394 e. The third kappa shape index (κ3) is 8.23. The molecular formula is C17H35NO2. The van der Waals surface area contributed by atoms with Crippen LogP contribution >= 0.6 is 0 Å². The first-order chi connectivity index (χ1) is 9.76. The van der Waals surface area contributed by atoms with E-state index in [2.05, 4.69) is 19.2 Å². The van der Waals surface area contributed by atoms with Crippen LogP contribution in [0, 0.1) is 0 Å². The van der Waals surface area contributed by atoms with Crippen LogP contribution < -0.4 is 5.32 Å². The maximum Gasteiger partial charge on any atom is 0.0811 e. The lowest BCUT2D eigenvalue weighted by atomic mass is 10.1. The molecule has 0 aromatic rings. The summed E-state index contributed by atoms with van der Waals surface area (Å²) in [6.07, 6.45) is 13.4. The Kier molecular flexibility index (Phi) is 10.3. The molecule has 0 amide bonds. The number of aliphatic hydroxyl groups excluding tert-OH is 1. The normalized spacial score (nSPS) is 24.1. The van der Waals surface area contributed by atoms with Crippen molar-refractivity contribution >= 4 is 0 Å². The van der Waals surface area contributed by atoms with E-state index in [4.69, 9.17) is 9.84 Å². The fourth-order valence-electron chi connectivity index (χ4n) is 2.91. The van der Waals surface area contributed by atoms with Gasteiger partial charge in [-0.25, -0.2) is 0 Å². The van der Waals surface area contributed by atoms with Crippen molar-refractivity contribution in [3.63, 3.8) is 0 Å². The highest BCUT2D eigenvalue weighted by Gasteiger charge is 2.24. The van der Waals surface area contributed by atoms with E-state index in [1.165, 1.54) is 51.4 Å². The summed E-state index contributed by atoms with van der Waals surface area (Å²) in [4.78, 5) is 0. The van der Waals surface area contributed by atoms with E-state index in [-0.39, 0.29) is 12.7 Å². The molecule has 1 saturated heterocycles. The first-order valence-electron chi connectivity index (χ1n) is 8.76. The van der Waals surface area contributed by atoms with Crippen LogP contribution in [-0.4, -0.2) is 36.5 Å². The molecule has 120 valence electrons. The monoisotopic (exact) mass is 285 g/mol. The van der Waals surface area contributed by atoms with Crippen LogP contribution in [0.5, 0.6) is 0 Å². The summed E-state index contributed by atoms with van der Waals surface area (Å²) >= 11 is 0. The van der Waals surface area contributed by atoms with Crippen LogP contribution in [-0.2, 0) is 4.74 Å². The Morgan fingerprint density at radius 1 is 1.05 bits per heavy atom. The summed E-state index contributed by atoms with van der Waals surface area (Å²) in [5, 5.41) is 12.6. The maximum atomic E-state index is 9.04. The Balaban J connectivity index is 1.89. The fourth-order valence-corrected chi connectivity index (χ4v) is 2.91. The molecule has 20 heavy (non-hydrogen) atoms. The molecule has 0 spiro atoms. The molecule has 1 fully saturated rings. The van der Waals surface area contributed by atoms with Gasteiger partial charge in [0.15, 0.2) is 0 Å². The second kappa shape index (κ2) is 11.5. The lowest BCUT2D eigenvalue weighted by Crippen LogP contribution is -2.34. The molecule has 0 radical (unpaired) electrons. The molecule has 3 nitrogen and oxygen atoms in total. The predicted octanol–water partition coefficient (Wildman–Crippen LogP) is 3.65. The van der Waals surface area contributed by atoms with Crippen molar-refractivity contribution in [2.45, 2.75) is 96.3 Å². The Bertz CT molecular complexity index is 223. The predicted molar refractivity (Wildman–Crippen MR) is 85.1 cm³/mol. The van der Waals surface area contributed by atoms with Crippen LogP contribution in [0.25, 0.3) is 0 Å². The summed E-state index contributed by atoms with van der Waals surface area (Å²) < 4.78 is 5.73. The van der Waals surface area contributed by atoms with E-state index in [0.29, 0.717) is 12.1 Å². The zero-order chi connectivity index (χ0) is 14.6. The average molecular weight is 285 g/mol. The molecule has 1 rings (SSSR count). The van der Waals surface area contributed by atoms with Gasteiger partial charge in [-0.3, -0.25) is 0 Å². The number of aliphatic hydroxyl groups is 1. The number of hydrogen-bond donors (Lipinski definition) is 2. The molecule has 3 unspecified atom stereocenters. The van der Waals surface area contributed by atoms with E-state index < -0.39 is 0 Å². The summed E-state index contributed by atoms with van der Waals surface area (Å²) in [5.41, 5.74) is 0. The highest BCUT2D eigenvalue weighted by molar-refractivity contribution is 4.76. The molecule has 0 aliphatic carbocycles. The lowest BCUT2D eigenvalue weighted by Gasteiger charge is -2.17. The minimum atomic E-state index is 0.0835. The van der Waals surface area contributed by atoms with Gasteiger partial charge in [-0.15, -0.1) is 0 Å². The van der Waals surface area contributed by atoms with Gasteiger partial charge in [-0.2, -0.15) is 0 Å². The molecule has 0 bridgehead atoms. The van der Waals surface area contributed by atoms with Gasteiger partial charge in [0.1, 0.15) is 0 Å². The molecule has 3 heteroatoms. The topological polar surface area (TPSA) is 41.5 Å². The third-order valence-corrected chi connectivity index (χ3v) is 4.33. The zero-order valence-corrected chi connectivity index (χ0v) is 13.6. The number of rotatable bonds is 12. The van der Waals surface area contributed by atoms with Crippen molar-refractivity contribution < 1.29 is 9.84 Å². The van der Waals surface area contributed by atoms with Gasteiger partial charge in [-0.1, -0.05) is 51.9 Å². The Hall–Kier alpha value is -0.120. The SMILES string of the molecule is CCCCCCCCCC(C)NCC1CCC(CO)O1. The summed E-state index contributed by atoms with van der Waals surface area (Å²) in [5.74, 6) is 0. The van der Waals surface area contributed by atoms with Gasteiger partial charge in [0.2, 0.25) is 0 Å². The lowest BCUT2D eigenvalue weighted by molar-refractivity contribution is 0.0114. The second-order valence-corrected chi connectivity index (χ2v) is 6.36. The standard InChI is InChI=1S/C17H35NO2/c1-3-4-5-6-7-8-9-10-15(2)18-13-16-11-12-17(14-19)20-16/h15-19H,3-14H2,1-2H3. The first kappa shape index (κ1) is 17.9. The second-order valence-electron chi connectivity index (χ2n) is 6.36. The Morgan fingerprint density at radius 3 is 2.35 bits per heavy atom. The third-order valence-electron chi connectivity index (χ3n) is 4.33. The van der Waals surface area contributed by atoms with E-state index in [1.807, 2.05) is 0 Å². The van der Waals surface area contributed by atoms with Crippen molar-refractivity contribution in [3.8, 4) is 0 Å². The smallest absolute Gasteiger partial charge is 0.0811 e. The molecule has 3 atom stereocenters. The van der Waals surface area contributed by atoms with Crippen LogP contribution in [0.4, 0.5) is 0 Å². The Labute approximate surface area is 125 Å². The van der Waals surface area contributed by atoms with Crippen LogP contribution in [0.15, 0.2) is 0 Å². The highest BCUT2D eigenvalue weighted by atomic mass is 16.5. The van der Waals surface area contributed by atoms with Crippen molar-refractivity contribution in [1.29, 1.82) is 0 Å². The van der Waals surface area contributed by atoms with E-state index >= 15 is 0 Å². The number of hydrogen-bond acceptors (Lipinski definition) is 3. The van der Waals surface area contributed by atoms with Crippen molar-refractivity contribution in [2.75, 3.05) is 13.2 Å². The first-order valence-corrected chi connectivity index (χ1v) is 8.76. The van der Waals surface area contributed by atoms with Crippen molar-refractivity contribution in [1.82, 2.24) is 5.32 Å². The van der Waals surface area contributed by atoms with Crippen LogP contribution in [0.2, 0.25) is 0 Å². The fraction of sp³-hybridized carbons (Fsp3) is 1.00. The summed E-state index contributed by atoms with van der Waals surface area (Å²) in [6.45, 7) is 5.65. The maximum absolute atomic E-state index is 9.04. The molecule has 1 aliphatic rings. The van der Waals surface area contributed by atoms with Gasteiger partial charge in [0.25, 0.3) is 0 Å². The van der Waals surface area contributed by atoms with Gasteiger partial charge in [0.05, 0.1) is 18.8 Å². The van der Waals surface area contributed by atoms with Gasteiger partial charge in [-0.05, 0) is 26.2 Å². The van der Waals surface area contributed by atoms with E-state index in [9.17, 15) is 0 Å². The number of nitrogens with one attached hydrogen (secondary N) is 1. The molecule has 1 aliphatic heterocycles. The molecule has 0 aromatic heterocycles. The van der Waals surface area contributed by atoms with Crippen LogP contribution in [0.3, 0.4) is 0 Å². The molecule has 1 heterocycles. The summed E-state index contributed by atoms with van der Waals surface area (Å²) in [6, 6.07) is 0.586. The van der Waals surface area contributed by atoms with E-state index in [1.54, 1.807) is 0 Å². The molecular weight excluding hydrogens is 250 g/mol. The quantitative estimate of drug-likeness (QED) is 0.538. The highest BCUT2D eigenvalue weighted by Crippen LogP contribution is 2.18. The van der Waals surface area contributed by atoms with Crippen LogP contribution in [0.1, 0.15) is 78.1 Å². The zero-order valence-electron chi connectivity index (χ0n) is 13.6. The minimum absolute atomic E-state index is 0.0835. The summed E-state index contributed by atoms with van der Waals surface area (Å²) in [7, 11) is 0. The largest absolute Gasteiger partial charge is 0.394 e. The van der Waals surface area contributed by atoms with Gasteiger partial charge < -0.3 is 15.2 Å². The number of unbranched alkanes of at least 4 members (excludes halogenated alkanes) is 6. The Morgan fingerprint density at radius 2 is 1.70 bits per heavy atom. The van der Waals surface area contributed by atoms with Crippen molar-refractivity contribution in [2.24, 2.45) is 0 Å². The van der Waals surface area contributed by atoms with Crippen molar-refractivity contribution in [3.05, 3.63) is 0 Å². The average Bonchev–Trinajstić information content (AvgIpc) is 2.92. The molecule has 2 N–H and O–H groups in total. The van der Waals surface area contributed by atoms with Gasteiger partial charge in [0, 0.05) is 12.6 Å².